The average molecular weight is 363 g/mol. The first-order valence-electron chi connectivity index (χ1n) is 9.03. The fourth-order valence-corrected chi connectivity index (χ4v) is 3.09. The minimum atomic E-state index is -0.194. The zero-order valence-corrected chi connectivity index (χ0v) is 14.9. The first-order valence-corrected chi connectivity index (χ1v) is 9.03. The number of benzene rings is 2. The molecule has 1 aliphatic heterocycles. The van der Waals surface area contributed by atoms with E-state index in [1.807, 2.05) is 30.3 Å². The highest BCUT2D eigenvalue weighted by Gasteiger charge is 2.19. The molecule has 1 aliphatic rings. The third-order valence-corrected chi connectivity index (χ3v) is 4.47. The van der Waals surface area contributed by atoms with Gasteiger partial charge in [0.25, 0.3) is 5.91 Å². The SMILES string of the molecule is O=C(NC(Cc1ncc[nH]1)c1ccccc1)c1ccc2c(c1)OCCCO2. The van der Waals surface area contributed by atoms with Crippen molar-refractivity contribution in [3.8, 4) is 11.5 Å². The van der Waals surface area contributed by atoms with Gasteiger partial charge in [0, 0.05) is 30.8 Å². The van der Waals surface area contributed by atoms with Crippen molar-refractivity contribution in [2.24, 2.45) is 0 Å². The minimum absolute atomic E-state index is 0.161. The van der Waals surface area contributed by atoms with Gasteiger partial charge < -0.3 is 19.8 Å². The summed E-state index contributed by atoms with van der Waals surface area (Å²) in [4.78, 5) is 20.3. The molecule has 1 atom stereocenters. The molecule has 1 amide bonds. The zero-order valence-electron chi connectivity index (χ0n) is 14.9. The molecule has 0 saturated heterocycles. The minimum Gasteiger partial charge on any atom is -0.490 e. The molecule has 0 aliphatic carbocycles. The average Bonchev–Trinajstić information content (AvgIpc) is 3.10. The number of hydrogen-bond donors (Lipinski definition) is 2. The van der Waals surface area contributed by atoms with E-state index in [4.69, 9.17) is 9.47 Å². The van der Waals surface area contributed by atoms with E-state index in [9.17, 15) is 4.79 Å². The Labute approximate surface area is 157 Å². The van der Waals surface area contributed by atoms with Crippen molar-refractivity contribution in [1.29, 1.82) is 0 Å². The molecule has 1 unspecified atom stereocenters. The molecule has 0 radical (unpaired) electrons. The molecule has 6 nitrogen and oxygen atoms in total. The Morgan fingerprint density at radius 2 is 1.93 bits per heavy atom. The Morgan fingerprint density at radius 3 is 2.70 bits per heavy atom. The predicted molar refractivity (Wildman–Crippen MR) is 101 cm³/mol. The van der Waals surface area contributed by atoms with Crippen molar-refractivity contribution in [3.05, 3.63) is 77.9 Å². The second-order valence-electron chi connectivity index (χ2n) is 6.39. The number of fused-ring (bicyclic) bond motifs is 1. The number of ether oxygens (including phenoxy) is 2. The van der Waals surface area contributed by atoms with Gasteiger partial charge in [-0.05, 0) is 23.8 Å². The molecule has 27 heavy (non-hydrogen) atoms. The largest absolute Gasteiger partial charge is 0.490 e. The van der Waals surface area contributed by atoms with Crippen LogP contribution in [0.15, 0.2) is 60.9 Å². The normalized spacial score (nSPS) is 14.2. The molecular weight excluding hydrogens is 342 g/mol. The van der Waals surface area contributed by atoms with Crippen LogP contribution in [-0.4, -0.2) is 29.1 Å². The molecule has 6 heteroatoms. The predicted octanol–water partition coefficient (Wildman–Crippen LogP) is 3.28. The summed E-state index contributed by atoms with van der Waals surface area (Å²) in [5.74, 6) is 1.95. The fraction of sp³-hybridized carbons (Fsp3) is 0.238. The Kier molecular flexibility index (Phi) is 5.05. The van der Waals surface area contributed by atoms with Crippen LogP contribution in [0.4, 0.5) is 0 Å². The van der Waals surface area contributed by atoms with Crippen LogP contribution in [0.3, 0.4) is 0 Å². The van der Waals surface area contributed by atoms with Crippen molar-refractivity contribution in [2.75, 3.05) is 13.2 Å². The lowest BCUT2D eigenvalue weighted by Crippen LogP contribution is -2.30. The summed E-state index contributed by atoms with van der Waals surface area (Å²) < 4.78 is 11.3. The molecule has 2 heterocycles. The van der Waals surface area contributed by atoms with Crippen LogP contribution in [-0.2, 0) is 6.42 Å². The zero-order chi connectivity index (χ0) is 18.5. The van der Waals surface area contributed by atoms with Crippen LogP contribution in [0.1, 0.15) is 34.2 Å². The first kappa shape index (κ1) is 17.1. The Bertz CT molecular complexity index is 894. The van der Waals surface area contributed by atoms with Crippen LogP contribution < -0.4 is 14.8 Å². The fourth-order valence-electron chi connectivity index (χ4n) is 3.09. The molecule has 0 spiro atoms. The van der Waals surface area contributed by atoms with Gasteiger partial charge in [0.15, 0.2) is 11.5 Å². The van der Waals surface area contributed by atoms with E-state index in [-0.39, 0.29) is 11.9 Å². The van der Waals surface area contributed by atoms with Crippen molar-refractivity contribution in [2.45, 2.75) is 18.9 Å². The second kappa shape index (κ2) is 7.95. The maximum Gasteiger partial charge on any atom is 0.251 e. The summed E-state index contributed by atoms with van der Waals surface area (Å²) in [6.07, 6.45) is 4.90. The number of aromatic amines is 1. The molecule has 0 saturated carbocycles. The summed E-state index contributed by atoms with van der Waals surface area (Å²) in [6, 6.07) is 15.0. The number of aromatic nitrogens is 2. The number of carbonyl (C=O) groups excluding carboxylic acids is 1. The number of nitrogens with one attached hydrogen (secondary N) is 2. The summed E-state index contributed by atoms with van der Waals surface area (Å²) in [5.41, 5.74) is 1.57. The number of carbonyl (C=O) groups is 1. The number of hydrogen-bond acceptors (Lipinski definition) is 4. The molecule has 3 aromatic rings. The van der Waals surface area contributed by atoms with Gasteiger partial charge in [0.2, 0.25) is 0 Å². The number of imidazole rings is 1. The molecule has 4 rings (SSSR count). The maximum absolute atomic E-state index is 12.9. The molecule has 0 bridgehead atoms. The lowest BCUT2D eigenvalue weighted by atomic mass is 10.0. The molecule has 138 valence electrons. The van der Waals surface area contributed by atoms with E-state index < -0.39 is 0 Å². The van der Waals surface area contributed by atoms with Crippen molar-refractivity contribution in [3.63, 3.8) is 0 Å². The third kappa shape index (κ3) is 4.11. The molecule has 1 aromatic heterocycles. The highest BCUT2D eigenvalue weighted by atomic mass is 16.5. The number of H-pyrrole nitrogens is 1. The quantitative estimate of drug-likeness (QED) is 0.729. The van der Waals surface area contributed by atoms with Crippen LogP contribution >= 0.6 is 0 Å². The van der Waals surface area contributed by atoms with Gasteiger partial charge in [0.05, 0.1) is 19.3 Å². The standard InChI is InChI=1S/C21H21N3O3/c25-21(16-7-8-18-19(13-16)27-12-4-11-26-18)24-17(14-20-22-9-10-23-20)15-5-2-1-3-6-15/h1-3,5-10,13,17H,4,11-12,14H2,(H,22,23)(H,24,25). The molecular formula is C21H21N3O3. The van der Waals surface area contributed by atoms with Crippen LogP contribution in [0, 0.1) is 0 Å². The van der Waals surface area contributed by atoms with E-state index in [0.29, 0.717) is 36.7 Å². The third-order valence-electron chi connectivity index (χ3n) is 4.47. The van der Waals surface area contributed by atoms with Gasteiger partial charge >= 0.3 is 0 Å². The first-order chi connectivity index (χ1) is 13.3. The monoisotopic (exact) mass is 363 g/mol. The van der Waals surface area contributed by atoms with E-state index in [1.165, 1.54) is 0 Å². The van der Waals surface area contributed by atoms with Crippen LogP contribution in [0.25, 0.3) is 0 Å². The summed E-state index contributed by atoms with van der Waals surface area (Å²) in [5, 5.41) is 3.12. The van der Waals surface area contributed by atoms with Crippen molar-refractivity contribution < 1.29 is 14.3 Å². The van der Waals surface area contributed by atoms with Gasteiger partial charge in [-0.1, -0.05) is 30.3 Å². The highest BCUT2D eigenvalue weighted by molar-refractivity contribution is 5.95. The van der Waals surface area contributed by atoms with Crippen LogP contribution in [0.2, 0.25) is 0 Å². The van der Waals surface area contributed by atoms with Crippen molar-refractivity contribution in [1.82, 2.24) is 15.3 Å². The summed E-state index contributed by atoms with van der Waals surface area (Å²) >= 11 is 0. The van der Waals surface area contributed by atoms with Crippen LogP contribution in [0.5, 0.6) is 11.5 Å². The Hall–Kier alpha value is -3.28. The maximum atomic E-state index is 12.9. The van der Waals surface area contributed by atoms with Gasteiger partial charge in [-0.25, -0.2) is 4.98 Å². The molecule has 2 aromatic carbocycles. The van der Waals surface area contributed by atoms with Gasteiger partial charge in [-0.3, -0.25) is 4.79 Å². The smallest absolute Gasteiger partial charge is 0.251 e. The number of amides is 1. The summed E-state index contributed by atoms with van der Waals surface area (Å²) in [7, 11) is 0. The number of rotatable bonds is 5. The van der Waals surface area contributed by atoms with E-state index in [0.717, 1.165) is 17.8 Å². The lowest BCUT2D eigenvalue weighted by molar-refractivity contribution is 0.0935. The van der Waals surface area contributed by atoms with Crippen molar-refractivity contribution >= 4 is 5.91 Å². The lowest BCUT2D eigenvalue weighted by Gasteiger charge is -2.19. The Balaban J connectivity index is 1.55. The second-order valence-corrected chi connectivity index (χ2v) is 6.39. The summed E-state index contributed by atoms with van der Waals surface area (Å²) in [6.45, 7) is 1.21. The van der Waals surface area contributed by atoms with E-state index in [2.05, 4.69) is 15.3 Å². The highest BCUT2D eigenvalue weighted by Crippen LogP contribution is 2.30. The topological polar surface area (TPSA) is 76.2 Å². The van der Waals surface area contributed by atoms with Gasteiger partial charge in [-0.2, -0.15) is 0 Å². The van der Waals surface area contributed by atoms with Gasteiger partial charge in [-0.15, -0.1) is 0 Å². The van der Waals surface area contributed by atoms with E-state index >= 15 is 0 Å². The Morgan fingerprint density at radius 1 is 1.11 bits per heavy atom. The number of nitrogens with zero attached hydrogens (tertiary/aromatic N) is 1. The molecule has 2 N–H and O–H groups in total. The molecule has 0 fully saturated rings. The van der Waals surface area contributed by atoms with E-state index in [1.54, 1.807) is 30.6 Å². The van der Waals surface area contributed by atoms with Gasteiger partial charge in [0.1, 0.15) is 5.82 Å².